The van der Waals surface area contributed by atoms with Gasteiger partial charge in [0.15, 0.2) is 12.2 Å². The van der Waals surface area contributed by atoms with Gasteiger partial charge in [-0.25, -0.2) is 9.13 Å². The van der Waals surface area contributed by atoms with Crippen LogP contribution in [0.15, 0.2) is 0 Å². The van der Waals surface area contributed by atoms with Crippen LogP contribution < -0.4 is 0 Å². The maximum absolute atomic E-state index is 13.0. The zero-order valence-electron chi connectivity index (χ0n) is 60.9. The SMILES string of the molecule is CC(C)CCCCCCCCCCCCCCCCCCC(=O)O[C@H](COC(=O)CCCCCCCCCC(C)C)COP(=O)(O)OCC(O)COP(=O)(O)OC[C@@H](COC(=O)CCCCCCCCCCCC(C)C)OC(=O)CCCCCCCCCCCC(C)C. The van der Waals surface area contributed by atoms with Crippen molar-refractivity contribution >= 4 is 39.5 Å². The van der Waals surface area contributed by atoms with Crippen LogP contribution in [-0.2, 0) is 65.4 Å². The highest BCUT2D eigenvalue weighted by Crippen LogP contribution is 2.45. The third-order valence-corrected chi connectivity index (χ3v) is 19.0. The Morgan fingerprint density at radius 1 is 0.269 bits per heavy atom. The Hall–Kier alpha value is -1.94. The summed E-state index contributed by atoms with van der Waals surface area (Å²) in [6.45, 7) is 14.1. The van der Waals surface area contributed by atoms with Crippen molar-refractivity contribution in [2.45, 2.75) is 388 Å². The minimum Gasteiger partial charge on any atom is -0.462 e. The van der Waals surface area contributed by atoms with Gasteiger partial charge in [-0.1, -0.05) is 319 Å². The van der Waals surface area contributed by atoms with E-state index in [1.54, 1.807) is 0 Å². The Kier molecular flexibility index (Phi) is 62.2. The second-order valence-electron chi connectivity index (χ2n) is 28.6. The van der Waals surface area contributed by atoms with Gasteiger partial charge in [-0.05, 0) is 49.4 Å². The van der Waals surface area contributed by atoms with Gasteiger partial charge in [0.1, 0.15) is 19.3 Å². The number of aliphatic hydroxyl groups is 1. The number of unbranched alkanes of at least 4 members (excludes halogenated alkanes) is 37. The van der Waals surface area contributed by atoms with E-state index in [1.165, 1.54) is 167 Å². The van der Waals surface area contributed by atoms with Gasteiger partial charge in [0.05, 0.1) is 26.4 Å². The van der Waals surface area contributed by atoms with E-state index in [4.69, 9.17) is 37.0 Å². The van der Waals surface area contributed by atoms with Crippen molar-refractivity contribution in [3.63, 3.8) is 0 Å². The molecule has 0 amide bonds. The van der Waals surface area contributed by atoms with E-state index in [9.17, 15) is 43.2 Å². The summed E-state index contributed by atoms with van der Waals surface area (Å²) >= 11 is 0. The second-order valence-corrected chi connectivity index (χ2v) is 31.5. The van der Waals surface area contributed by atoms with Gasteiger partial charge in [0, 0.05) is 25.7 Å². The van der Waals surface area contributed by atoms with Gasteiger partial charge in [-0.3, -0.25) is 37.3 Å². The fourth-order valence-corrected chi connectivity index (χ4v) is 12.8. The first-order valence-corrected chi connectivity index (χ1v) is 41.2. The van der Waals surface area contributed by atoms with Crippen molar-refractivity contribution in [2.75, 3.05) is 39.6 Å². The lowest BCUT2D eigenvalue weighted by Crippen LogP contribution is -2.30. The minimum absolute atomic E-state index is 0.104. The Bertz CT molecular complexity index is 1830. The van der Waals surface area contributed by atoms with Crippen molar-refractivity contribution in [1.82, 2.24) is 0 Å². The number of hydrogen-bond acceptors (Lipinski definition) is 15. The maximum Gasteiger partial charge on any atom is 0.472 e. The Labute approximate surface area is 568 Å². The van der Waals surface area contributed by atoms with E-state index < -0.39 is 97.5 Å². The number of ether oxygens (including phenoxy) is 4. The van der Waals surface area contributed by atoms with Crippen LogP contribution in [0.1, 0.15) is 370 Å². The molecule has 0 aliphatic heterocycles. The van der Waals surface area contributed by atoms with Crippen LogP contribution in [0.5, 0.6) is 0 Å². The highest BCUT2D eigenvalue weighted by molar-refractivity contribution is 7.47. The van der Waals surface area contributed by atoms with E-state index in [0.29, 0.717) is 31.6 Å². The first kappa shape index (κ1) is 91.1. The van der Waals surface area contributed by atoms with Crippen molar-refractivity contribution in [1.29, 1.82) is 0 Å². The highest BCUT2D eigenvalue weighted by Gasteiger charge is 2.30. The van der Waals surface area contributed by atoms with Crippen molar-refractivity contribution in [3.8, 4) is 0 Å². The molecule has 17 nitrogen and oxygen atoms in total. The third kappa shape index (κ3) is 68.4. The minimum atomic E-state index is -4.96. The number of carbonyl (C=O) groups is 4. The second kappa shape index (κ2) is 63.5. The van der Waals surface area contributed by atoms with Crippen LogP contribution in [0.25, 0.3) is 0 Å². The lowest BCUT2D eigenvalue weighted by molar-refractivity contribution is -0.161. The molecule has 0 fully saturated rings. The molecule has 0 heterocycles. The number of esters is 4. The maximum atomic E-state index is 13.0. The van der Waals surface area contributed by atoms with Crippen LogP contribution in [-0.4, -0.2) is 96.7 Å². The largest absolute Gasteiger partial charge is 0.472 e. The normalized spacial score (nSPS) is 14.2. The fraction of sp³-hybridized carbons (Fsp3) is 0.946. The number of aliphatic hydroxyl groups excluding tert-OH is 1. The summed E-state index contributed by atoms with van der Waals surface area (Å²) in [5.74, 6) is 0.869. The first-order chi connectivity index (χ1) is 44.6. The molecule has 0 saturated heterocycles. The van der Waals surface area contributed by atoms with E-state index in [2.05, 4.69) is 55.4 Å². The molecule has 0 aromatic heterocycles. The van der Waals surface area contributed by atoms with Gasteiger partial charge in [0.2, 0.25) is 0 Å². The topological polar surface area (TPSA) is 237 Å². The fourth-order valence-electron chi connectivity index (χ4n) is 11.2. The molecule has 0 spiro atoms. The first-order valence-electron chi connectivity index (χ1n) is 38.2. The number of rotatable bonds is 71. The number of phosphoric acid groups is 2. The van der Waals surface area contributed by atoms with Gasteiger partial charge >= 0.3 is 39.5 Å². The molecule has 0 aliphatic rings. The third-order valence-electron chi connectivity index (χ3n) is 17.1. The predicted octanol–water partition coefficient (Wildman–Crippen LogP) is 21.3. The highest BCUT2D eigenvalue weighted by atomic mass is 31.2. The van der Waals surface area contributed by atoms with Crippen LogP contribution in [0.4, 0.5) is 0 Å². The summed E-state index contributed by atoms with van der Waals surface area (Å²) in [6, 6.07) is 0. The van der Waals surface area contributed by atoms with E-state index in [-0.39, 0.29) is 25.7 Å². The Balaban J connectivity index is 5.21. The van der Waals surface area contributed by atoms with E-state index >= 15 is 0 Å². The number of carbonyl (C=O) groups excluding carboxylic acids is 4. The summed E-state index contributed by atoms with van der Waals surface area (Å²) in [7, 11) is -9.91. The van der Waals surface area contributed by atoms with Gasteiger partial charge in [-0.2, -0.15) is 0 Å². The quantitative estimate of drug-likeness (QED) is 0.0222. The van der Waals surface area contributed by atoms with Gasteiger partial charge < -0.3 is 33.8 Å². The molecule has 93 heavy (non-hydrogen) atoms. The molecule has 3 unspecified atom stereocenters. The summed E-state index contributed by atoms with van der Waals surface area (Å²) in [5.41, 5.74) is 0. The summed E-state index contributed by atoms with van der Waals surface area (Å²) in [5, 5.41) is 10.6. The molecule has 0 bridgehead atoms. The smallest absolute Gasteiger partial charge is 0.462 e. The molecule has 0 aliphatic carbocycles. The molecule has 3 N–H and O–H groups in total. The van der Waals surface area contributed by atoms with Crippen molar-refractivity contribution in [3.05, 3.63) is 0 Å². The van der Waals surface area contributed by atoms with Gasteiger partial charge in [0.25, 0.3) is 0 Å². The monoisotopic (exact) mass is 1370 g/mol. The summed E-state index contributed by atoms with van der Waals surface area (Å²) in [4.78, 5) is 72.7. The number of phosphoric ester groups is 2. The average Bonchev–Trinajstić information content (AvgIpc) is 1.51. The molecule has 0 rings (SSSR count). The average molecular weight is 1370 g/mol. The van der Waals surface area contributed by atoms with Crippen LogP contribution >= 0.6 is 15.6 Å². The molecular formula is C74H144O17P2. The summed E-state index contributed by atoms with van der Waals surface area (Å²) < 4.78 is 68.4. The summed E-state index contributed by atoms with van der Waals surface area (Å²) in [6.07, 6.45) is 47.3. The Morgan fingerprint density at radius 2 is 0.452 bits per heavy atom. The van der Waals surface area contributed by atoms with Gasteiger partial charge in [-0.15, -0.1) is 0 Å². The predicted molar refractivity (Wildman–Crippen MR) is 377 cm³/mol. The van der Waals surface area contributed by atoms with Crippen LogP contribution in [0, 0.1) is 23.7 Å². The molecule has 0 aromatic rings. The van der Waals surface area contributed by atoms with E-state index in [0.717, 1.165) is 114 Å². The standard InChI is InChI=1S/C74H144O17P2/c1-64(2)50-42-34-26-19-15-13-11-9-10-12-14-16-22-31-40-48-56-73(78)90-70(61-85-72(77)55-47-39-33-25-29-37-45-53-67(7)8)63-89-93(82,83)87-59-68(75)58-86-92(80,81)88-62-69(91-74(79)57-49-41-32-24-18-21-28-36-44-52-66(5)6)60-84-71(76)54-46-38-30-23-17-20-27-35-43-51-65(3)4/h64-70,75H,9-63H2,1-8H3,(H,80,81)(H,82,83)/t68?,69-,70-/m1/s1. The van der Waals surface area contributed by atoms with Crippen LogP contribution in [0.2, 0.25) is 0 Å². The molecule has 19 heteroatoms. The lowest BCUT2D eigenvalue weighted by atomic mass is 10.0. The lowest BCUT2D eigenvalue weighted by Gasteiger charge is -2.21. The molecule has 0 radical (unpaired) electrons. The molecule has 0 aromatic carbocycles. The zero-order valence-corrected chi connectivity index (χ0v) is 62.7. The van der Waals surface area contributed by atoms with E-state index in [1.807, 2.05) is 0 Å². The molecule has 552 valence electrons. The van der Waals surface area contributed by atoms with Crippen molar-refractivity contribution < 1.29 is 80.2 Å². The zero-order chi connectivity index (χ0) is 68.9. The van der Waals surface area contributed by atoms with Crippen LogP contribution in [0.3, 0.4) is 0 Å². The molecule has 5 atom stereocenters. The molecule has 0 saturated carbocycles. The number of hydrogen-bond donors (Lipinski definition) is 3. The molecular weight excluding hydrogens is 1220 g/mol. The van der Waals surface area contributed by atoms with Crippen molar-refractivity contribution in [2.24, 2.45) is 23.7 Å². The Morgan fingerprint density at radius 3 is 0.667 bits per heavy atom.